The molecule has 6 nitrogen and oxygen atoms in total. The van der Waals surface area contributed by atoms with Crippen LogP contribution in [0.1, 0.15) is 18.7 Å². The molecule has 1 aromatic carbocycles. The molecule has 1 aliphatic rings. The van der Waals surface area contributed by atoms with Crippen LogP contribution in [0.2, 0.25) is 5.02 Å². The van der Waals surface area contributed by atoms with Gasteiger partial charge in [0.25, 0.3) is 5.91 Å². The van der Waals surface area contributed by atoms with Gasteiger partial charge in [-0.1, -0.05) is 22.8 Å². The predicted octanol–water partition coefficient (Wildman–Crippen LogP) is 1.65. The molecule has 7 heteroatoms. The van der Waals surface area contributed by atoms with Gasteiger partial charge in [-0.2, -0.15) is 0 Å². The van der Waals surface area contributed by atoms with Crippen LogP contribution in [0.4, 0.5) is 0 Å². The van der Waals surface area contributed by atoms with Gasteiger partial charge >= 0.3 is 0 Å². The molecule has 1 unspecified atom stereocenters. The first-order valence-corrected chi connectivity index (χ1v) is 7.21. The van der Waals surface area contributed by atoms with Gasteiger partial charge in [-0.3, -0.25) is 4.79 Å². The molecular weight excluding hydrogens is 294 g/mol. The maximum absolute atomic E-state index is 12.1. The van der Waals surface area contributed by atoms with Crippen molar-refractivity contribution >= 4 is 28.5 Å². The lowest BCUT2D eigenvalue weighted by atomic mass is 10.1. The highest BCUT2D eigenvalue weighted by Crippen LogP contribution is 2.28. The van der Waals surface area contributed by atoms with Crippen LogP contribution in [0.3, 0.4) is 0 Å². The van der Waals surface area contributed by atoms with E-state index in [2.05, 4.69) is 15.8 Å². The van der Waals surface area contributed by atoms with E-state index in [1.54, 1.807) is 6.07 Å². The number of para-hydroxylation sites is 1. The van der Waals surface area contributed by atoms with E-state index in [9.17, 15) is 4.79 Å². The van der Waals surface area contributed by atoms with E-state index in [1.807, 2.05) is 19.1 Å². The fourth-order valence-electron chi connectivity index (χ4n) is 2.37. The third-order valence-electron chi connectivity index (χ3n) is 3.47. The number of carbonyl (C=O) groups is 1. The second-order valence-corrected chi connectivity index (χ2v) is 5.39. The third kappa shape index (κ3) is 2.88. The van der Waals surface area contributed by atoms with E-state index in [0.717, 1.165) is 11.9 Å². The van der Waals surface area contributed by atoms with Gasteiger partial charge in [0.1, 0.15) is 11.8 Å². The Balaban J connectivity index is 1.76. The Hall–Kier alpha value is -1.63. The van der Waals surface area contributed by atoms with E-state index < -0.39 is 6.10 Å². The molecule has 112 valence electrons. The zero-order valence-electron chi connectivity index (χ0n) is 11.6. The average Bonchev–Trinajstić information content (AvgIpc) is 2.93. The molecular formula is C14H16ClN3O3. The number of amides is 1. The van der Waals surface area contributed by atoms with Crippen molar-refractivity contribution in [2.75, 3.05) is 19.7 Å². The highest BCUT2D eigenvalue weighted by molar-refractivity contribution is 6.34. The molecule has 1 amide bonds. The molecule has 1 aromatic heterocycles. The minimum atomic E-state index is -0.469. The van der Waals surface area contributed by atoms with Crippen LogP contribution in [0, 0.1) is 0 Å². The van der Waals surface area contributed by atoms with Gasteiger partial charge in [-0.15, -0.1) is 0 Å². The smallest absolute Gasteiger partial charge is 0.250 e. The minimum Gasteiger partial charge on any atom is -0.366 e. The van der Waals surface area contributed by atoms with Crippen molar-refractivity contribution in [3.8, 4) is 0 Å². The lowest BCUT2D eigenvalue weighted by Gasteiger charge is -2.24. The summed E-state index contributed by atoms with van der Waals surface area (Å²) in [6.45, 7) is 3.68. The summed E-state index contributed by atoms with van der Waals surface area (Å²) >= 11 is 6.05. The number of aromatic nitrogens is 1. The second kappa shape index (κ2) is 6.01. The molecule has 0 spiro atoms. The van der Waals surface area contributed by atoms with Crippen LogP contribution in [0.15, 0.2) is 22.7 Å². The SMILES string of the molecule is CC(NC(=O)[C@@H]1CNCCO1)c1noc2c(Cl)cccc12. The molecule has 0 aliphatic carbocycles. The van der Waals surface area contributed by atoms with Crippen LogP contribution in [0.25, 0.3) is 11.0 Å². The molecule has 21 heavy (non-hydrogen) atoms. The van der Waals surface area contributed by atoms with E-state index >= 15 is 0 Å². The number of hydrogen-bond donors (Lipinski definition) is 2. The van der Waals surface area contributed by atoms with Crippen molar-refractivity contribution in [1.29, 1.82) is 0 Å². The number of halogens is 1. The average molecular weight is 310 g/mol. The summed E-state index contributed by atoms with van der Waals surface area (Å²) in [6.07, 6.45) is -0.469. The van der Waals surface area contributed by atoms with Gasteiger partial charge < -0.3 is 19.9 Å². The summed E-state index contributed by atoms with van der Waals surface area (Å²) in [5.74, 6) is -0.159. The van der Waals surface area contributed by atoms with Gasteiger partial charge in [0.2, 0.25) is 0 Å². The monoisotopic (exact) mass is 309 g/mol. The minimum absolute atomic E-state index is 0.159. The lowest BCUT2D eigenvalue weighted by molar-refractivity contribution is -0.134. The molecule has 1 fully saturated rings. The van der Waals surface area contributed by atoms with Crippen molar-refractivity contribution < 1.29 is 14.1 Å². The molecule has 1 saturated heterocycles. The Morgan fingerprint density at radius 3 is 3.19 bits per heavy atom. The Kier molecular flexibility index (Phi) is 4.10. The van der Waals surface area contributed by atoms with Crippen molar-refractivity contribution in [2.45, 2.75) is 19.1 Å². The Morgan fingerprint density at radius 2 is 2.43 bits per heavy atom. The maximum atomic E-state index is 12.1. The number of carbonyl (C=O) groups excluding carboxylic acids is 1. The molecule has 0 bridgehead atoms. The summed E-state index contributed by atoms with van der Waals surface area (Å²) in [7, 11) is 0. The van der Waals surface area contributed by atoms with Gasteiger partial charge in [-0.25, -0.2) is 0 Å². The number of hydrogen-bond acceptors (Lipinski definition) is 5. The Labute approximate surface area is 126 Å². The predicted molar refractivity (Wildman–Crippen MR) is 78.2 cm³/mol. The first kappa shape index (κ1) is 14.3. The van der Waals surface area contributed by atoms with E-state index in [1.165, 1.54) is 0 Å². The Bertz CT molecular complexity index is 652. The fraction of sp³-hybridized carbons (Fsp3) is 0.429. The van der Waals surface area contributed by atoms with Crippen LogP contribution in [-0.4, -0.2) is 36.9 Å². The molecule has 2 heterocycles. The van der Waals surface area contributed by atoms with E-state index in [-0.39, 0.29) is 11.9 Å². The summed E-state index contributed by atoms with van der Waals surface area (Å²) in [5, 5.41) is 11.3. The number of benzene rings is 1. The van der Waals surface area contributed by atoms with Crippen molar-refractivity contribution in [3.63, 3.8) is 0 Å². The first-order chi connectivity index (χ1) is 10.2. The highest BCUT2D eigenvalue weighted by atomic mass is 35.5. The van der Waals surface area contributed by atoms with Crippen molar-refractivity contribution in [2.24, 2.45) is 0 Å². The maximum Gasteiger partial charge on any atom is 0.250 e. The van der Waals surface area contributed by atoms with Gasteiger partial charge in [0.05, 0.1) is 17.7 Å². The zero-order valence-corrected chi connectivity index (χ0v) is 12.3. The quantitative estimate of drug-likeness (QED) is 0.901. The molecule has 1 aliphatic heterocycles. The third-order valence-corrected chi connectivity index (χ3v) is 3.76. The second-order valence-electron chi connectivity index (χ2n) is 4.98. The number of fused-ring (bicyclic) bond motifs is 1. The molecule has 3 rings (SSSR count). The number of morpholine rings is 1. The fourth-order valence-corrected chi connectivity index (χ4v) is 2.58. The lowest BCUT2D eigenvalue weighted by Crippen LogP contribution is -2.48. The van der Waals surface area contributed by atoms with Crippen molar-refractivity contribution in [1.82, 2.24) is 15.8 Å². The molecule has 0 saturated carbocycles. The molecule has 0 radical (unpaired) electrons. The topological polar surface area (TPSA) is 76.4 Å². The summed E-state index contributed by atoms with van der Waals surface area (Å²) in [5.41, 5.74) is 1.19. The molecule has 2 N–H and O–H groups in total. The normalized spacial score (nSPS) is 20.4. The number of nitrogens with one attached hydrogen (secondary N) is 2. The zero-order chi connectivity index (χ0) is 14.8. The van der Waals surface area contributed by atoms with Crippen LogP contribution < -0.4 is 10.6 Å². The largest absolute Gasteiger partial charge is 0.366 e. The van der Waals surface area contributed by atoms with Crippen molar-refractivity contribution in [3.05, 3.63) is 28.9 Å². The summed E-state index contributed by atoms with van der Waals surface area (Å²) in [4.78, 5) is 12.1. The van der Waals surface area contributed by atoms with Crippen LogP contribution in [-0.2, 0) is 9.53 Å². The number of ether oxygens (including phenoxy) is 1. The highest BCUT2D eigenvalue weighted by Gasteiger charge is 2.25. The van der Waals surface area contributed by atoms with Crippen LogP contribution >= 0.6 is 11.6 Å². The summed E-state index contributed by atoms with van der Waals surface area (Å²) in [6, 6.07) is 5.15. The summed E-state index contributed by atoms with van der Waals surface area (Å²) < 4.78 is 10.7. The Morgan fingerprint density at radius 1 is 1.57 bits per heavy atom. The van der Waals surface area contributed by atoms with Gasteiger partial charge in [-0.05, 0) is 19.1 Å². The number of nitrogens with zero attached hydrogens (tertiary/aromatic N) is 1. The molecule has 2 aromatic rings. The molecule has 2 atom stereocenters. The van der Waals surface area contributed by atoms with Gasteiger partial charge in [0.15, 0.2) is 5.58 Å². The van der Waals surface area contributed by atoms with E-state index in [0.29, 0.717) is 29.5 Å². The number of rotatable bonds is 3. The standard InChI is InChI=1S/C14H16ClN3O3/c1-8(17-14(19)11-7-16-5-6-20-11)12-9-3-2-4-10(15)13(9)21-18-12/h2-4,8,11,16H,5-7H2,1H3,(H,17,19)/t8?,11-/m0/s1. The van der Waals surface area contributed by atoms with Gasteiger partial charge in [0, 0.05) is 18.5 Å². The van der Waals surface area contributed by atoms with Crippen LogP contribution in [0.5, 0.6) is 0 Å². The van der Waals surface area contributed by atoms with E-state index in [4.69, 9.17) is 20.9 Å². The first-order valence-electron chi connectivity index (χ1n) is 6.83.